The van der Waals surface area contributed by atoms with Gasteiger partial charge in [0.05, 0.1) is 12.0 Å². The molecule has 0 saturated carbocycles. The quantitative estimate of drug-likeness (QED) is 0.491. The van der Waals surface area contributed by atoms with E-state index >= 15 is 0 Å². The first-order valence-electron chi connectivity index (χ1n) is 5.62. The summed E-state index contributed by atoms with van der Waals surface area (Å²) in [5.41, 5.74) is 0.143. The molecule has 0 spiro atoms. The van der Waals surface area contributed by atoms with Gasteiger partial charge in [0.2, 0.25) is 0 Å². The zero-order valence-corrected chi connectivity index (χ0v) is 10.6. The lowest BCUT2D eigenvalue weighted by Gasteiger charge is -2.14. The molecule has 0 bridgehead atoms. The van der Waals surface area contributed by atoms with Crippen molar-refractivity contribution in [2.75, 3.05) is 7.11 Å². The molecule has 1 aromatic rings. The maximum atomic E-state index is 11.8. The number of non-ortho nitro benzene ring substituents is 1. The number of nitrogens with zero attached hydrogens (tertiary/aromatic N) is 1. The number of rotatable bonds is 5. The van der Waals surface area contributed by atoms with Crippen molar-refractivity contribution in [3.8, 4) is 0 Å². The van der Waals surface area contributed by atoms with Crippen LogP contribution in [0.3, 0.4) is 0 Å². The Kier molecular flexibility index (Phi) is 4.99. The number of nitrogens with one attached hydrogen (secondary N) is 1. The van der Waals surface area contributed by atoms with Gasteiger partial charge in [0.1, 0.15) is 6.04 Å². The molecule has 0 saturated heterocycles. The molecule has 0 radical (unpaired) electrons. The van der Waals surface area contributed by atoms with E-state index in [1.54, 1.807) is 6.92 Å². The molecule has 1 N–H and O–H groups in total. The van der Waals surface area contributed by atoms with Gasteiger partial charge in [-0.25, -0.2) is 4.79 Å². The fraction of sp³-hybridized carbons (Fsp3) is 0.333. The predicted molar refractivity (Wildman–Crippen MR) is 66.7 cm³/mol. The number of methoxy groups -OCH3 is 1. The zero-order valence-electron chi connectivity index (χ0n) is 10.6. The fourth-order valence-electron chi connectivity index (χ4n) is 1.45. The molecular formula is C12H14N2O5. The number of hydrogen-bond acceptors (Lipinski definition) is 5. The highest BCUT2D eigenvalue weighted by molar-refractivity contribution is 5.96. The molecular weight excluding hydrogens is 252 g/mol. The van der Waals surface area contributed by atoms with Crippen molar-refractivity contribution in [1.82, 2.24) is 5.32 Å². The molecule has 7 nitrogen and oxygen atoms in total. The third-order valence-electron chi connectivity index (χ3n) is 2.54. The summed E-state index contributed by atoms with van der Waals surface area (Å²) < 4.78 is 4.55. The van der Waals surface area contributed by atoms with Gasteiger partial charge in [-0.1, -0.05) is 6.92 Å². The molecule has 0 aliphatic rings. The first kappa shape index (κ1) is 14.6. The number of carbonyl (C=O) groups excluding carboxylic acids is 2. The van der Waals surface area contributed by atoms with E-state index in [1.165, 1.54) is 31.4 Å². The van der Waals surface area contributed by atoms with Crippen LogP contribution >= 0.6 is 0 Å². The molecule has 0 aliphatic heterocycles. The normalized spacial score (nSPS) is 11.5. The molecule has 0 aromatic heterocycles. The highest BCUT2D eigenvalue weighted by atomic mass is 16.6. The van der Waals surface area contributed by atoms with E-state index in [0.29, 0.717) is 6.42 Å². The molecule has 1 rings (SSSR count). The van der Waals surface area contributed by atoms with Crippen molar-refractivity contribution in [3.05, 3.63) is 39.9 Å². The molecule has 1 atom stereocenters. The van der Waals surface area contributed by atoms with E-state index in [9.17, 15) is 19.7 Å². The van der Waals surface area contributed by atoms with E-state index in [1.807, 2.05) is 0 Å². The van der Waals surface area contributed by atoms with Crippen LogP contribution in [0.5, 0.6) is 0 Å². The molecule has 1 amide bonds. The Bertz CT molecular complexity index is 483. The van der Waals surface area contributed by atoms with Crippen molar-refractivity contribution < 1.29 is 19.2 Å². The van der Waals surface area contributed by atoms with Crippen LogP contribution < -0.4 is 5.32 Å². The van der Waals surface area contributed by atoms with Gasteiger partial charge in [-0.15, -0.1) is 0 Å². The Morgan fingerprint density at radius 2 is 1.95 bits per heavy atom. The SMILES string of the molecule is CCC(NC(=O)c1ccc([N+](=O)[O-])cc1)C(=O)OC. The molecule has 7 heteroatoms. The first-order valence-corrected chi connectivity index (χ1v) is 5.62. The van der Waals surface area contributed by atoms with Crippen LogP contribution in [0.4, 0.5) is 5.69 Å². The largest absolute Gasteiger partial charge is 0.467 e. The minimum Gasteiger partial charge on any atom is -0.467 e. The Morgan fingerprint density at radius 1 is 1.37 bits per heavy atom. The maximum Gasteiger partial charge on any atom is 0.328 e. The third kappa shape index (κ3) is 3.77. The molecule has 0 aliphatic carbocycles. The summed E-state index contributed by atoms with van der Waals surface area (Å²) in [5, 5.41) is 13.0. The Balaban J connectivity index is 2.77. The number of hydrogen-bond donors (Lipinski definition) is 1. The minimum atomic E-state index is -0.729. The van der Waals surface area contributed by atoms with Gasteiger partial charge in [-0.3, -0.25) is 14.9 Å². The summed E-state index contributed by atoms with van der Waals surface area (Å²) in [6.45, 7) is 1.73. The van der Waals surface area contributed by atoms with Crippen LogP contribution in [0.2, 0.25) is 0 Å². The standard InChI is InChI=1S/C12H14N2O5/c1-3-10(12(16)19-2)13-11(15)8-4-6-9(7-5-8)14(17)18/h4-7,10H,3H2,1-2H3,(H,13,15). The molecule has 1 unspecified atom stereocenters. The first-order chi connectivity index (χ1) is 8.99. The average molecular weight is 266 g/mol. The number of nitro benzene ring substituents is 1. The van der Waals surface area contributed by atoms with Crippen molar-refractivity contribution in [1.29, 1.82) is 0 Å². The van der Waals surface area contributed by atoms with Gasteiger partial charge in [0.15, 0.2) is 0 Å². The summed E-state index contributed by atoms with van der Waals surface area (Å²) in [4.78, 5) is 33.1. The van der Waals surface area contributed by atoms with Crippen LogP contribution in [0, 0.1) is 10.1 Å². The molecule has 0 heterocycles. The van der Waals surface area contributed by atoms with Crippen molar-refractivity contribution in [3.63, 3.8) is 0 Å². The number of benzene rings is 1. The third-order valence-corrected chi connectivity index (χ3v) is 2.54. The minimum absolute atomic E-state index is 0.100. The van der Waals surface area contributed by atoms with Crippen LogP contribution in [0.1, 0.15) is 23.7 Å². The van der Waals surface area contributed by atoms with Gasteiger partial charge in [-0.2, -0.15) is 0 Å². The number of esters is 1. The number of carbonyl (C=O) groups is 2. The molecule has 1 aromatic carbocycles. The Hall–Kier alpha value is -2.44. The van der Waals surface area contributed by atoms with Gasteiger partial charge < -0.3 is 10.1 Å². The fourth-order valence-corrected chi connectivity index (χ4v) is 1.45. The van der Waals surface area contributed by atoms with Gasteiger partial charge in [0.25, 0.3) is 11.6 Å². The second kappa shape index (κ2) is 6.48. The maximum absolute atomic E-state index is 11.8. The Labute approximate surface area is 109 Å². The van der Waals surface area contributed by atoms with E-state index < -0.39 is 22.8 Å². The summed E-state index contributed by atoms with van der Waals surface area (Å²) in [7, 11) is 1.24. The molecule has 19 heavy (non-hydrogen) atoms. The monoisotopic (exact) mass is 266 g/mol. The van der Waals surface area contributed by atoms with Crippen LogP contribution in [-0.4, -0.2) is 30.0 Å². The number of ether oxygens (including phenoxy) is 1. The van der Waals surface area contributed by atoms with Gasteiger partial charge >= 0.3 is 5.97 Å². The Morgan fingerprint density at radius 3 is 2.37 bits per heavy atom. The van der Waals surface area contributed by atoms with Crippen molar-refractivity contribution in [2.45, 2.75) is 19.4 Å². The zero-order chi connectivity index (χ0) is 14.4. The van der Waals surface area contributed by atoms with Crippen molar-refractivity contribution in [2.24, 2.45) is 0 Å². The van der Waals surface area contributed by atoms with E-state index in [2.05, 4.69) is 10.1 Å². The highest BCUT2D eigenvalue weighted by Crippen LogP contribution is 2.12. The lowest BCUT2D eigenvalue weighted by molar-refractivity contribution is -0.384. The van der Waals surface area contributed by atoms with E-state index in [4.69, 9.17) is 0 Å². The van der Waals surface area contributed by atoms with Gasteiger partial charge in [0, 0.05) is 17.7 Å². The average Bonchev–Trinajstić information content (AvgIpc) is 2.43. The lowest BCUT2D eigenvalue weighted by atomic mass is 10.1. The van der Waals surface area contributed by atoms with Crippen LogP contribution in [0.25, 0.3) is 0 Å². The van der Waals surface area contributed by atoms with E-state index in [0.717, 1.165) is 0 Å². The summed E-state index contributed by atoms with van der Waals surface area (Å²) in [6, 6.07) is 4.39. The highest BCUT2D eigenvalue weighted by Gasteiger charge is 2.20. The summed E-state index contributed by atoms with van der Waals surface area (Å²) in [6.07, 6.45) is 0.394. The summed E-state index contributed by atoms with van der Waals surface area (Å²) >= 11 is 0. The van der Waals surface area contributed by atoms with E-state index in [-0.39, 0.29) is 11.3 Å². The number of nitro groups is 1. The molecule has 0 fully saturated rings. The number of amides is 1. The second-order valence-electron chi connectivity index (χ2n) is 3.76. The topological polar surface area (TPSA) is 98.5 Å². The predicted octanol–water partition coefficient (Wildman–Crippen LogP) is 1.28. The summed E-state index contributed by atoms with van der Waals surface area (Å²) in [5.74, 6) is -1.01. The smallest absolute Gasteiger partial charge is 0.328 e. The second-order valence-corrected chi connectivity index (χ2v) is 3.76. The lowest BCUT2D eigenvalue weighted by Crippen LogP contribution is -2.40. The van der Waals surface area contributed by atoms with Crippen LogP contribution in [0.15, 0.2) is 24.3 Å². The van der Waals surface area contributed by atoms with Crippen molar-refractivity contribution >= 4 is 17.6 Å². The molecule has 102 valence electrons. The van der Waals surface area contributed by atoms with Gasteiger partial charge in [-0.05, 0) is 18.6 Å². The van der Waals surface area contributed by atoms with Crippen LogP contribution in [-0.2, 0) is 9.53 Å².